The molecule has 3 heteroatoms. The van der Waals surface area contributed by atoms with E-state index < -0.39 is 0 Å². The van der Waals surface area contributed by atoms with E-state index in [-0.39, 0.29) is 0 Å². The number of hydrogen-bond donors (Lipinski definition) is 0. The van der Waals surface area contributed by atoms with Crippen molar-refractivity contribution in [2.45, 2.75) is 6.92 Å². The molecule has 0 bridgehead atoms. The molecule has 1 aromatic heterocycles. The molecule has 0 saturated heterocycles. The summed E-state index contributed by atoms with van der Waals surface area (Å²) in [6.07, 6.45) is 1.71. The van der Waals surface area contributed by atoms with Gasteiger partial charge in [0.05, 0.1) is 11.9 Å². The summed E-state index contributed by atoms with van der Waals surface area (Å²) in [4.78, 5) is 4.08. The van der Waals surface area contributed by atoms with E-state index in [0.717, 1.165) is 5.56 Å². The van der Waals surface area contributed by atoms with E-state index in [1.807, 2.05) is 19.1 Å². The third-order valence-corrected chi connectivity index (χ3v) is 1.61. The summed E-state index contributed by atoms with van der Waals surface area (Å²) in [6.45, 7) is 2.57. The zero-order valence-electron chi connectivity index (χ0n) is 7.38. The Morgan fingerprint density at radius 1 is 1.54 bits per heavy atom. The Balaban J connectivity index is 2.69. The van der Waals surface area contributed by atoms with E-state index in [1.165, 1.54) is 0 Å². The SMILES string of the molecule is CCOc1ccc(C#CCBr)cn1. The maximum absolute atomic E-state index is 5.20. The number of aromatic nitrogens is 1. The van der Waals surface area contributed by atoms with Gasteiger partial charge in [-0.05, 0) is 13.0 Å². The molecule has 2 nitrogen and oxygen atoms in total. The van der Waals surface area contributed by atoms with Crippen LogP contribution in [0.4, 0.5) is 0 Å². The molecule has 0 N–H and O–H groups in total. The summed E-state index contributed by atoms with van der Waals surface area (Å²) >= 11 is 3.23. The number of ether oxygens (including phenoxy) is 1. The fourth-order valence-corrected chi connectivity index (χ4v) is 0.963. The van der Waals surface area contributed by atoms with Gasteiger partial charge in [-0.1, -0.05) is 27.8 Å². The fraction of sp³-hybridized carbons (Fsp3) is 0.300. The van der Waals surface area contributed by atoms with Gasteiger partial charge < -0.3 is 4.74 Å². The highest BCUT2D eigenvalue weighted by molar-refractivity contribution is 9.09. The van der Waals surface area contributed by atoms with Gasteiger partial charge in [-0.25, -0.2) is 4.98 Å². The monoisotopic (exact) mass is 239 g/mol. The lowest BCUT2D eigenvalue weighted by Crippen LogP contribution is -1.93. The van der Waals surface area contributed by atoms with Gasteiger partial charge >= 0.3 is 0 Å². The predicted octanol–water partition coefficient (Wildman–Crippen LogP) is 2.23. The van der Waals surface area contributed by atoms with Gasteiger partial charge in [0, 0.05) is 17.8 Å². The van der Waals surface area contributed by atoms with Crippen molar-refractivity contribution in [3.8, 4) is 17.7 Å². The third kappa shape index (κ3) is 3.47. The predicted molar refractivity (Wildman–Crippen MR) is 56.1 cm³/mol. The second-order valence-corrected chi connectivity index (χ2v) is 2.81. The number of pyridine rings is 1. The highest BCUT2D eigenvalue weighted by atomic mass is 79.9. The lowest BCUT2D eigenvalue weighted by molar-refractivity contribution is 0.327. The van der Waals surface area contributed by atoms with Crippen LogP contribution in [0.5, 0.6) is 5.88 Å². The first-order valence-electron chi connectivity index (χ1n) is 4.00. The Labute approximate surface area is 86.5 Å². The van der Waals surface area contributed by atoms with Gasteiger partial charge in [0.25, 0.3) is 0 Å². The minimum Gasteiger partial charge on any atom is -0.478 e. The van der Waals surface area contributed by atoms with Crippen molar-refractivity contribution in [3.05, 3.63) is 23.9 Å². The van der Waals surface area contributed by atoms with Gasteiger partial charge in [0.15, 0.2) is 0 Å². The quantitative estimate of drug-likeness (QED) is 0.584. The molecule has 13 heavy (non-hydrogen) atoms. The van der Waals surface area contributed by atoms with Crippen molar-refractivity contribution in [3.63, 3.8) is 0 Å². The summed E-state index contributed by atoms with van der Waals surface area (Å²) in [5.74, 6) is 6.50. The summed E-state index contributed by atoms with van der Waals surface area (Å²) in [6, 6.07) is 3.72. The van der Waals surface area contributed by atoms with Crippen molar-refractivity contribution < 1.29 is 4.74 Å². The van der Waals surface area contributed by atoms with Gasteiger partial charge in [-0.3, -0.25) is 0 Å². The molecule has 1 heterocycles. The maximum Gasteiger partial charge on any atom is 0.213 e. The van der Waals surface area contributed by atoms with Gasteiger partial charge in [-0.15, -0.1) is 0 Å². The highest BCUT2D eigenvalue weighted by Gasteiger charge is 1.92. The smallest absolute Gasteiger partial charge is 0.213 e. The normalized spacial score (nSPS) is 8.77. The molecule has 0 unspecified atom stereocenters. The third-order valence-electron chi connectivity index (χ3n) is 1.33. The average Bonchev–Trinajstić information content (AvgIpc) is 2.17. The Bertz CT molecular complexity index is 310. The molecular weight excluding hydrogens is 230 g/mol. The van der Waals surface area contributed by atoms with Crippen molar-refractivity contribution >= 4 is 15.9 Å². The number of nitrogens with zero attached hydrogens (tertiary/aromatic N) is 1. The first-order valence-corrected chi connectivity index (χ1v) is 5.12. The molecule has 68 valence electrons. The number of hydrogen-bond acceptors (Lipinski definition) is 2. The molecule has 0 aliphatic rings. The van der Waals surface area contributed by atoms with E-state index in [0.29, 0.717) is 17.8 Å². The first-order chi connectivity index (χ1) is 6.36. The molecule has 0 saturated carbocycles. The van der Waals surface area contributed by atoms with Crippen LogP contribution in [0.1, 0.15) is 12.5 Å². The molecule has 1 aromatic rings. The fourth-order valence-electron chi connectivity index (χ4n) is 0.823. The Kier molecular flexibility index (Phi) is 4.34. The molecule has 0 amide bonds. The topological polar surface area (TPSA) is 22.1 Å². The first kappa shape index (κ1) is 10.1. The van der Waals surface area contributed by atoms with Crippen LogP contribution in [0, 0.1) is 11.8 Å². The number of alkyl halides is 1. The van der Waals surface area contributed by atoms with Crippen LogP contribution in [0.3, 0.4) is 0 Å². The van der Waals surface area contributed by atoms with Gasteiger partial charge in [0.1, 0.15) is 0 Å². The zero-order valence-corrected chi connectivity index (χ0v) is 8.97. The van der Waals surface area contributed by atoms with E-state index >= 15 is 0 Å². The standard InChI is InChI=1S/C10H10BrNO/c1-2-13-10-6-5-9(8-12-10)4-3-7-11/h5-6,8H,2,7H2,1H3. The summed E-state index contributed by atoms with van der Waals surface area (Å²) < 4.78 is 5.20. The van der Waals surface area contributed by atoms with Crippen molar-refractivity contribution in [1.29, 1.82) is 0 Å². The molecule has 0 fully saturated rings. The van der Waals surface area contributed by atoms with Crippen LogP contribution in [-0.4, -0.2) is 16.9 Å². The number of halogens is 1. The molecule has 1 rings (SSSR count). The summed E-state index contributed by atoms with van der Waals surface area (Å²) in [5.41, 5.74) is 0.905. The Morgan fingerprint density at radius 3 is 2.92 bits per heavy atom. The van der Waals surface area contributed by atoms with Crippen molar-refractivity contribution in [2.75, 3.05) is 11.9 Å². The molecular formula is C10H10BrNO. The van der Waals surface area contributed by atoms with Crippen LogP contribution >= 0.6 is 15.9 Å². The molecule has 0 aromatic carbocycles. The Hall–Kier alpha value is -1.01. The lowest BCUT2D eigenvalue weighted by atomic mass is 10.3. The van der Waals surface area contributed by atoms with Crippen LogP contribution in [0.15, 0.2) is 18.3 Å². The molecule has 0 aliphatic heterocycles. The van der Waals surface area contributed by atoms with Gasteiger partial charge in [0.2, 0.25) is 5.88 Å². The summed E-state index contributed by atoms with van der Waals surface area (Å²) in [7, 11) is 0. The maximum atomic E-state index is 5.20. The van der Waals surface area contributed by atoms with Gasteiger partial charge in [-0.2, -0.15) is 0 Å². The second-order valence-electron chi connectivity index (χ2n) is 2.25. The number of rotatable bonds is 2. The minimum atomic E-state index is 0.638. The van der Waals surface area contributed by atoms with E-state index in [4.69, 9.17) is 4.74 Å². The molecule has 0 aliphatic carbocycles. The summed E-state index contributed by atoms with van der Waals surface area (Å²) in [5, 5.41) is 0.681. The van der Waals surface area contributed by atoms with E-state index in [2.05, 4.69) is 32.8 Å². The largest absolute Gasteiger partial charge is 0.478 e. The molecule has 0 spiro atoms. The van der Waals surface area contributed by atoms with Crippen molar-refractivity contribution in [1.82, 2.24) is 4.98 Å². The van der Waals surface area contributed by atoms with Crippen LogP contribution in [0.2, 0.25) is 0 Å². The molecule has 0 radical (unpaired) electrons. The van der Waals surface area contributed by atoms with Crippen LogP contribution in [-0.2, 0) is 0 Å². The lowest BCUT2D eigenvalue weighted by Gasteiger charge is -1.99. The van der Waals surface area contributed by atoms with Crippen LogP contribution in [0.25, 0.3) is 0 Å². The zero-order chi connectivity index (χ0) is 9.52. The second kappa shape index (κ2) is 5.60. The van der Waals surface area contributed by atoms with Crippen molar-refractivity contribution in [2.24, 2.45) is 0 Å². The van der Waals surface area contributed by atoms with Crippen LogP contribution < -0.4 is 4.74 Å². The highest BCUT2D eigenvalue weighted by Crippen LogP contribution is 2.06. The van der Waals surface area contributed by atoms with E-state index in [1.54, 1.807) is 6.20 Å². The Morgan fingerprint density at radius 2 is 2.38 bits per heavy atom. The van der Waals surface area contributed by atoms with E-state index in [9.17, 15) is 0 Å². The average molecular weight is 240 g/mol. The minimum absolute atomic E-state index is 0.638. The molecule has 0 atom stereocenters.